The van der Waals surface area contributed by atoms with Crippen LogP contribution in [-0.4, -0.2) is 32.3 Å². The molecule has 0 heterocycles. The van der Waals surface area contributed by atoms with Gasteiger partial charge in [-0.2, -0.15) is 13.2 Å². The largest absolute Gasteiger partial charge is 0.497 e. The van der Waals surface area contributed by atoms with Crippen molar-refractivity contribution in [3.8, 4) is 17.2 Å². The van der Waals surface area contributed by atoms with Gasteiger partial charge < -0.3 is 19.5 Å². The van der Waals surface area contributed by atoms with Gasteiger partial charge in [0.1, 0.15) is 17.2 Å². The SMILES string of the molecule is COc1cc(OC)cc(C(=O)NC(=S)Nc2cc(C(F)(F)F)ccc2OC)c1. The summed E-state index contributed by atoms with van der Waals surface area (Å²) in [5, 5.41) is 4.73. The van der Waals surface area contributed by atoms with E-state index in [1.165, 1.54) is 33.5 Å². The number of ether oxygens (including phenoxy) is 3. The van der Waals surface area contributed by atoms with Gasteiger partial charge in [-0.3, -0.25) is 10.1 Å². The third-order valence-electron chi connectivity index (χ3n) is 3.62. The van der Waals surface area contributed by atoms with Gasteiger partial charge in [-0.25, -0.2) is 0 Å². The Balaban J connectivity index is 2.19. The van der Waals surface area contributed by atoms with E-state index in [0.29, 0.717) is 11.5 Å². The van der Waals surface area contributed by atoms with Crippen molar-refractivity contribution in [3.05, 3.63) is 47.5 Å². The first-order valence-electron chi connectivity index (χ1n) is 7.78. The summed E-state index contributed by atoms with van der Waals surface area (Å²) >= 11 is 5.04. The van der Waals surface area contributed by atoms with Gasteiger partial charge in [-0.1, -0.05) is 0 Å². The minimum absolute atomic E-state index is 0.0363. The lowest BCUT2D eigenvalue weighted by Gasteiger charge is -2.15. The molecule has 0 atom stereocenters. The fourth-order valence-corrected chi connectivity index (χ4v) is 2.45. The molecule has 2 rings (SSSR count). The molecule has 0 aromatic heterocycles. The van der Waals surface area contributed by atoms with Crippen LogP contribution in [0, 0.1) is 0 Å². The van der Waals surface area contributed by atoms with Gasteiger partial charge >= 0.3 is 6.18 Å². The van der Waals surface area contributed by atoms with E-state index in [9.17, 15) is 18.0 Å². The summed E-state index contributed by atoms with van der Waals surface area (Å²) in [6.07, 6.45) is -4.54. The highest BCUT2D eigenvalue weighted by molar-refractivity contribution is 7.80. The van der Waals surface area contributed by atoms with Crippen LogP contribution < -0.4 is 24.8 Å². The summed E-state index contributed by atoms with van der Waals surface area (Å²) < 4.78 is 54.0. The van der Waals surface area contributed by atoms with Gasteiger partial charge in [0.25, 0.3) is 5.91 Å². The monoisotopic (exact) mass is 414 g/mol. The average molecular weight is 414 g/mol. The lowest BCUT2D eigenvalue weighted by Crippen LogP contribution is -2.34. The fraction of sp³-hybridized carbons (Fsp3) is 0.222. The second-order valence-corrected chi connectivity index (χ2v) is 5.83. The van der Waals surface area contributed by atoms with E-state index in [4.69, 9.17) is 26.4 Å². The number of anilines is 1. The normalized spacial score (nSPS) is 10.8. The Bertz CT molecular complexity index is 865. The molecule has 10 heteroatoms. The van der Waals surface area contributed by atoms with Crippen molar-refractivity contribution in [1.82, 2.24) is 5.32 Å². The molecule has 0 saturated heterocycles. The molecule has 1 amide bonds. The van der Waals surface area contributed by atoms with E-state index < -0.39 is 17.6 Å². The van der Waals surface area contributed by atoms with Crippen LogP contribution in [0.3, 0.4) is 0 Å². The maximum absolute atomic E-state index is 12.9. The third-order valence-corrected chi connectivity index (χ3v) is 3.82. The average Bonchev–Trinajstić information content (AvgIpc) is 2.66. The van der Waals surface area contributed by atoms with Crippen LogP contribution in [0.4, 0.5) is 18.9 Å². The van der Waals surface area contributed by atoms with Gasteiger partial charge in [-0.15, -0.1) is 0 Å². The van der Waals surface area contributed by atoms with Crippen molar-refractivity contribution in [2.75, 3.05) is 26.6 Å². The van der Waals surface area contributed by atoms with Crippen molar-refractivity contribution in [3.63, 3.8) is 0 Å². The first kappa shape index (κ1) is 21.3. The summed E-state index contributed by atoms with van der Waals surface area (Å²) in [5.74, 6) is 0.319. The highest BCUT2D eigenvalue weighted by atomic mass is 32.1. The van der Waals surface area contributed by atoms with Crippen molar-refractivity contribution in [1.29, 1.82) is 0 Å². The Labute approximate surface area is 164 Å². The van der Waals surface area contributed by atoms with Gasteiger partial charge in [0.05, 0.1) is 32.6 Å². The van der Waals surface area contributed by atoms with Crippen LogP contribution in [0.15, 0.2) is 36.4 Å². The number of carbonyl (C=O) groups excluding carboxylic acids is 1. The molecule has 0 fully saturated rings. The minimum atomic E-state index is -4.54. The number of alkyl halides is 3. The molecule has 0 aliphatic heterocycles. The van der Waals surface area contributed by atoms with Crippen molar-refractivity contribution in [2.45, 2.75) is 6.18 Å². The summed E-state index contributed by atoms with van der Waals surface area (Å²) in [6.45, 7) is 0. The topological polar surface area (TPSA) is 68.8 Å². The molecule has 0 saturated carbocycles. The second-order valence-electron chi connectivity index (χ2n) is 5.42. The summed E-state index contributed by atoms with van der Waals surface area (Å²) in [6, 6.07) is 7.39. The molecule has 6 nitrogen and oxygen atoms in total. The van der Waals surface area contributed by atoms with Crippen molar-refractivity contribution >= 4 is 28.9 Å². The van der Waals surface area contributed by atoms with E-state index in [-0.39, 0.29) is 22.1 Å². The summed E-state index contributed by atoms with van der Waals surface area (Å²) in [5.41, 5.74) is -0.732. The number of hydrogen-bond donors (Lipinski definition) is 2. The molecule has 150 valence electrons. The van der Waals surface area contributed by atoms with Crippen LogP contribution in [-0.2, 0) is 6.18 Å². The molecule has 0 aliphatic rings. The van der Waals surface area contributed by atoms with Gasteiger partial charge in [0.2, 0.25) is 0 Å². The predicted molar refractivity (Wildman–Crippen MR) is 101 cm³/mol. The Kier molecular flexibility index (Phi) is 6.68. The van der Waals surface area contributed by atoms with E-state index in [1.54, 1.807) is 6.07 Å². The molecule has 2 N–H and O–H groups in total. The molecule has 0 aliphatic carbocycles. The quantitative estimate of drug-likeness (QED) is 0.725. The molecule has 0 bridgehead atoms. The van der Waals surface area contributed by atoms with Crippen LogP contribution in [0.25, 0.3) is 0 Å². The van der Waals surface area contributed by atoms with Gasteiger partial charge in [-0.05, 0) is 42.5 Å². The highest BCUT2D eigenvalue weighted by Gasteiger charge is 2.31. The maximum atomic E-state index is 12.9. The molecular formula is C18H17F3N2O4S. The van der Waals surface area contributed by atoms with Crippen molar-refractivity contribution < 1.29 is 32.2 Å². The van der Waals surface area contributed by atoms with Crippen LogP contribution >= 0.6 is 12.2 Å². The predicted octanol–water partition coefficient (Wildman–Crippen LogP) is 3.86. The van der Waals surface area contributed by atoms with E-state index in [1.807, 2.05) is 0 Å². The number of benzene rings is 2. The highest BCUT2D eigenvalue weighted by Crippen LogP contribution is 2.34. The number of nitrogens with one attached hydrogen (secondary N) is 2. The molecule has 0 unspecified atom stereocenters. The smallest absolute Gasteiger partial charge is 0.416 e. The molecule has 2 aromatic rings. The number of hydrogen-bond acceptors (Lipinski definition) is 5. The van der Waals surface area contributed by atoms with Crippen LogP contribution in [0.2, 0.25) is 0 Å². The zero-order valence-corrected chi connectivity index (χ0v) is 16.0. The fourth-order valence-electron chi connectivity index (χ4n) is 2.25. The zero-order valence-electron chi connectivity index (χ0n) is 15.1. The van der Waals surface area contributed by atoms with Crippen LogP contribution in [0.1, 0.15) is 15.9 Å². The van der Waals surface area contributed by atoms with Gasteiger partial charge in [0.15, 0.2) is 5.11 Å². The number of carbonyl (C=O) groups is 1. The minimum Gasteiger partial charge on any atom is -0.497 e. The first-order chi connectivity index (χ1) is 13.2. The molecule has 28 heavy (non-hydrogen) atoms. The zero-order chi connectivity index (χ0) is 20.9. The number of halogens is 3. The van der Waals surface area contributed by atoms with Crippen LogP contribution in [0.5, 0.6) is 17.2 Å². The van der Waals surface area contributed by atoms with Gasteiger partial charge in [0, 0.05) is 11.6 Å². The maximum Gasteiger partial charge on any atom is 0.416 e. The van der Waals surface area contributed by atoms with E-state index in [0.717, 1.165) is 18.2 Å². The molecule has 0 spiro atoms. The lowest BCUT2D eigenvalue weighted by atomic mass is 10.1. The lowest BCUT2D eigenvalue weighted by molar-refractivity contribution is -0.137. The summed E-state index contributed by atoms with van der Waals surface area (Å²) in [7, 11) is 4.17. The molecule has 0 radical (unpaired) electrons. The molecular weight excluding hydrogens is 397 g/mol. The van der Waals surface area contributed by atoms with E-state index >= 15 is 0 Å². The number of rotatable bonds is 5. The first-order valence-corrected chi connectivity index (χ1v) is 8.19. The van der Waals surface area contributed by atoms with Crippen molar-refractivity contribution in [2.24, 2.45) is 0 Å². The number of amides is 1. The standard InChI is InChI=1S/C18H17F3N2O4S/c1-25-12-6-10(7-13(9-12)26-2)16(24)23-17(28)22-14-8-11(18(19,20)21)4-5-15(14)27-3/h4-9H,1-3H3,(H2,22,23,24,28). The Morgan fingerprint density at radius 2 is 1.57 bits per heavy atom. The Morgan fingerprint density at radius 3 is 2.07 bits per heavy atom. The molecule has 2 aromatic carbocycles. The van der Waals surface area contributed by atoms with E-state index in [2.05, 4.69) is 10.6 Å². The summed E-state index contributed by atoms with van der Waals surface area (Å²) in [4.78, 5) is 12.4. The Morgan fingerprint density at radius 1 is 0.964 bits per heavy atom. The number of methoxy groups -OCH3 is 3. The Hall–Kier alpha value is -3.01. The number of thiocarbonyl (C=S) groups is 1. The second kappa shape index (κ2) is 8.79. The third kappa shape index (κ3) is 5.26.